The summed E-state index contributed by atoms with van der Waals surface area (Å²) < 4.78 is 7.57. The van der Waals surface area contributed by atoms with Crippen LogP contribution in [0.2, 0.25) is 0 Å². The molecule has 0 bridgehead atoms. The molecule has 3 rings (SSSR count). The second kappa shape index (κ2) is 8.71. The Kier molecular flexibility index (Phi) is 6.12. The van der Waals surface area contributed by atoms with Crippen molar-refractivity contribution in [2.45, 2.75) is 25.1 Å². The van der Waals surface area contributed by atoms with E-state index in [4.69, 9.17) is 10.00 Å². The lowest BCUT2D eigenvalue weighted by molar-refractivity contribution is 0.126. The molecule has 1 aromatic heterocycles. The number of rotatable bonds is 7. The summed E-state index contributed by atoms with van der Waals surface area (Å²) in [5.41, 5.74) is 2.74. The van der Waals surface area contributed by atoms with E-state index in [1.54, 1.807) is 24.3 Å². The standard InChI is InChI=1S/C20H20N4O2S/c1-14-5-3-4-6-19(14)24-15(2)22-23-20(24)27-13-17(25)12-26-18-9-7-16(11-21)8-10-18/h3-10,17,25H,12-13H2,1-2H3/t17-/m0/s1. The molecule has 1 atom stereocenters. The smallest absolute Gasteiger partial charge is 0.195 e. The van der Waals surface area contributed by atoms with E-state index < -0.39 is 6.10 Å². The van der Waals surface area contributed by atoms with Crippen LogP contribution in [-0.2, 0) is 0 Å². The van der Waals surface area contributed by atoms with Crippen LogP contribution >= 0.6 is 11.8 Å². The molecule has 7 heteroatoms. The summed E-state index contributed by atoms with van der Waals surface area (Å²) >= 11 is 1.44. The van der Waals surface area contributed by atoms with Crippen LogP contribution in [0.5, 0.6) is 5.75 Å². The van der Waals surface area contributed by atoms with Gasteiger partial charge in [0.2, 0.25) is 0 Å². The topological polar surface area (TPSA) is 84.0 Å². The molecular weight excluding hydrogens is 360 g/mol. The van der Waals surface area contributed by atoms with Crippen LogP contribution in [0.15, 0.2) is 53.7 Å². The number of aliphatic hydroxyl groups excluding tert-OH is 1. The van der Waals surface area contributed by atoms with Crippen LogP contribution in [-0.4, -0.2) is 38.3 Å². The molecule has 0 saturated carbocycles. The second-order valence-corrected chi connectivity index (χ2v) is 7.05. The first-order valence-electron chi connectivity index (χ1n) is 8.50. The summed E-state index contributed by atoms with van der Waals surface area (Å²) in [6.07, 6.45) is -0.659. The van der Waals surface area contributed by atoms with Crippen molar-refractivity contribution in [3.63, 3.8) is 0 Å². The van der Waals surface area contributed by atoms with E-state index in [1.165, 1.54) is 11.8 Å². The average molecular weight is 380 g/mol. The Bertz CT molecular complexity index is 947. The largest absolute Gasteiger partial charge is 0.491 e. The number of aromatic nitrogens is 3. The van der Waals surface area contributed by atoms with E-state index in [2.05, 4.69) is 16.3 Å². The molecule has 1 heterocycles. The van der Waals surface area contributed by atoms with Gasteiger partial charge in [0.05, 0.1) is 23.4 Å². The van der Waals surface area contributed by atoms with Crippen molar-refractivity contribution in [1.82, 2.24) is 14.8 Å². The Morgan fingerprint density at radius 2 is 1.89 bits per heavy atom. The zero-order valence-electron chi connectivity index (χ0n) is 15.2. The van der Waals surface area contributed by atoms with Crippen molar-refractivity contribution in [3.8, 4) is 17.5 Å². The fourth-order valence-electron chi connectivity index (χ4n) is 2.57. The van der Waals surface area contributed by atoms with Crippen LogP contribution in [0.3, 0.4) is 0 Å². The molecule has 0 aliphatic rings. The molecule has 1 N–H and O–H groups in total. The van der Waals surface area contributed by atoms with E-state index in [9.17, 15) is 5.11 Å². The number of nitriles is 1. The lowest BCUT2D eigenvalue weighted by atomic mass is 10.2. The summed E-state index contributed by atoms with van der Waals surface area (Å²) in [7, 11) is 0. The Labute approximate surface area is 162 Å². The molecule has 0 fully saturated rings. The van der Waals surface area contributed by atoms with E-state index in [0.717, 1.165) is 22.2 Å². The summed E-state index contributed by atoms with van der Waals surface area (Å²) in [6, 6.07) is 16.9. The maximum atomic E-state index is 10.2. The molecular formula is C20H20N4O2S. The number of hydrogen-bond donors (Lipinski definition) is 1. The minimum absolute atomic E-state index is 0.163. The predicted molar refractivity (Wildman–Crippen MR) is 104 cm³/mol. The first-order valence-corrected chi connectivity index (χ1v) is 9.49. The molecule has 0 radical (unpaired) electrons. The number of aryl methyl sites for hydroxylation is 2. The van der Waals surface area contributed by atoms with Crippen molar-refractivity contribution in [2.75, 3.05) is 12.4 Å². The number of hydrogen-bond acceptors (Lipinski definition) is 6. The third-order valence-corrected chi connectivity index (χ3v) is 5.06. The Hall–Kier alpha value is -2.82. The second-order valence-electron chi connectivity index (χ2n) is 6.06. The van der Waals surface area contributed by atoms with Gasteiger partial charge in [0.15, 0.2) is 5.16 Å². The van der Waals surface area contributed by atoms with Gasteiger partial charge in [-0.15, -0.1) is 10.2 Å². The third-order valence-electron chi connectivity index (χ3n) is 3.98. The summed E-state index contributed by atoms with van der Waals surface area (Å²) in [6.45, 7) is 4.12. The fraction of sp³-hybridized carbons (Fsp3) is 0.250. The maximum absolute atomic E-state index is 10.2. The predicted octanol–water partition coefficient (Wildman–Crippen LogP) is 3.29. The Morgan fingerprint density at radius 1 is 1.15 bits per heavy atom. The molecule has 0 amide bonds. The number of nitrogens with zero attached hydrogens (tertiary/aromatic N) is 4. The maximum Gasteiger partial charge on any atom is 0.195 e. The van der Waals surface area contributed by atoms with E-state index in [1.807, 2.05) is 42.7 Å². The van der Waals surface area contributed by atoms with E-state index in [-0.39, 0.29) is 6.61 Å². The van der Waals surface area contributed by atoms with Gasteiger partial charge in [0.1, 0.15) is 18.2 Å². The van der Waals surface area contributed by atoms with Crippen molar-refractivity contribution in [2.24, 2.45) is 0 Å². The highest BCUT2D eigenvalue weighted by molar-refractivity contribution is 7.99. The van der Waals surface area contributed by atoms with Gasteiger partial charge in [0.25, 0.3) is 0 Å². The number of para-hydroxylation sites is 1. The van der Waals surface area contributed by atoms with Crippen LogP contribution in [0.25, 0.3) is 5.69 Å². The van der Waals surface area contributed by atoms with Crippen molar-refractivity contribution >= 4 is 11.8 Å². The van der Waals surface area contributed by atoms with Gasteiger partial charge in [-0.25, -0.2) is 0 Å². The first kappa shape index (κ1) is 19.0. The van der Waals surface area contributed by atoms with Gasteiger partial charge >= 0.3 is 0 Å². The first-order chi connectivity index (χ1) is 13.1. The normalized spacial score (nSPS) is 11.8. The lowest BCUT2D eigenvalue weighted by Crippen LogP contribution is -2.20. The molecule has 0 saturated heterocycles. The number of aliphatic hydroxyl groups is 1. The van der Waals surface area contributed by atoms with Gasteiger partial charge in [0, 0.05) is 5.75 Å². The van der Waals surface area contributed by atoms with Gasteiger partial charge in [-0.2, -0.15) is 5.26 Å². The van der Waals surface area contributed by atoms with Gasteiger partial charge in [-0.3, -0.25) is 4.57 Å². The SMILES string of the molecule is Cc1ccccc1-n1c(C)nnc1SC[C@@H](O)COc1ccc(C#N)cc1. The van der Waals surface area contributed by atoms with Crippen LogP contribution < -0.4 is 4.74 Å². The molecule has 2 aromatic carbocycles. The minimum atomic E-state index is -0.659. The fourth-order valence-corrected chi connectivity index (χ4v) is 3.46. The summed E-state index contributed by atoms with van der Waals surface area (Å²) in [4.78, 5) is 0. The molecule has 0 unspecified atom stereocenters. The summed E-state index contributed by atoms with van der Waals surface area (Å²) in [5.74, 6) is 1.85. The Balaban J connectivity index is 1.60. The molecule has 6 nitrogen and oxygen atoms in total. The molecule has 0 spiro atoms. The van der Waals surface area contributed by atoms with Crippen LogP contribution in [0.1, 0.15) is 17.0 Å². The minimum Gasteiger partial charge on any atom is -0.491 e. The van der Waals surface area contributed by atoms with Gasteiger partial charge in [-0.05, 0) is 49.7 Å². The quantitative estimate of drug-likeness (QED) is 0.633. The molecule has 27 heavy (non-hydrogen) atoms. The van der Waals surface area contributed by atoms with Crippen LogP contribution in [0.4, 0.5) is 0 Å². The zero-order valence-corrected chi connectivity index (χ0v) is 16.0. The number of benzene rings is 2. The third kappa shape index (κ3) is 4.67. The van der Waals surface area contributed by atoms with E-state index >= 15 is 0 Å². The molecule has 0 aliphatic heterocycles. The van der Waals surface area contributed by atoms with Gasteiger partial charge in [-0.1, -0.05) is 30.0 Å². The van der Waals surface area contributed by atoms with Gasteiger partial charge < -0.3 is 9.84 Å². The molecule has 138 valence electrons. The highest BCUT2D eigenvalue weighted by Gasteiger charge is 2.15. The Morgan fingerprint density at radius 3 is 2.59 bits per heavy atom. The summed E-state index contributed by atoms with van der Waals surface area (Å²) in [5, 5.41) is 28.2. The average Bonchev–Trinajstić information content (AvgIpc) is 3.06. The molecule has 3 aromatic rings. The monoisotopic (exact) mass is 380 g/mol. The number of thioether (sulfide) groups is 1. The van der Waals surface area contributed by atoms with E-state index in [0.29, 0.717) is 17.1 Å². The zero-order chi connectivity index (χ0) is 19.2. The van der Waals surface area contributed by atoms with Crippen molar-refractivity contribution in [3.05, 3.63) is 65.5 Å². The highest BCUT2D eigenvalue weighted by Crippen LogP contribution is 2.24. The highest BCUT2D eigenvalue weighted by atomic mass is 32.2. The number of ether oxygens (including phenoxy) is 1. The van der Waals surface area contributed by atoms with Crippen molar-refractivity contribution in [1.29, 1.82) is 5.26 Å². The lowest BCUT2D eigenvalue weighted by Gasteiger charge is -2.14. The van der Waals surface area contributed by atoms with Crippen LogP contribution in [0, 0.1) is 25.2 Å². The molecule has 0 aliphatic carbocycles. The van der Waals surface area contributed by atoms with Crippen molar-refractivity contribution < 1.29 is 9.84 Å².